The predicted molar refractivity (Wildman–Crippen MR) is 80.9 cm³/mol. The molecular weight excluding hydrogens is 234 g/mol. The maximum absolute atomic E-state index is 10.9. The molecule has 0 saturated heterocycles. The Balaban J connectivity index is 2.51. The van der Waals surface area contributed by atoms with Crippen LogP contribution in [0.3, 0.4) is 0 Å². The molecular formula is C17H25NO. The first kappa shape index (κ1) is 15.5. The van der Waals surface area contributed by atoms with Crippen molar-refractivity contribution >= 4 is 5.91 Å². The Labute approximate surface area is 116 Å². The van der Waals surface area contributed by atoms with Crippen LogP contribution in [0.1, 0.15) is 56.9 Å². The smallest absolute Gasteiger partial charge is 0.244 e. The van der Waals surface area contributed by atoms with E-state index in [-0.39, 0.29) is 5.91 Å². The lowest BCUT2D eigenvalue weighted by molar-refractivity contribution is -0.114. The second-order valence-electron chi connectivity index (χ2n) is 5.11. The first-order valence-electron chi connectivity index (χ1n) is 7.17. The molecule has 2 N–H and O–H groups in total. The standard InChI is InChI=1S/C17H25NO/c1-3-4-10-15(16-11-6-5-7-12-16)13-8-9-14(2)17(18)19/h5-7,11-12,15H,2-4,8-10,13H2,1H3,(H2,18,19). The second kappa shape index (κ2) is 8.52. The number of unbranched alkanes of at least 4 members (excludes halogenated alkanes) is 1. The van der Waals surface area contributed by atoms with Gasteiger partial charge in [0.1, 0.15) is 0 Å². The third-order valence-electron chi connectivity index (χ3n) is 3.56. The highest BCUT2D eigenvalue weighted by Gasteiger charge is 2.11. The maximum atomic E-state index is 10.9. The molecule has 0 aliphatic carbocycles. The Kier molecular flexibility index (Phi) is 6.94. The van der Waals surface area contributed by atoms with Gasteiger partial charge in [-0.25, -0.2) is 0 Å². The Morgan fingerprint density at radius 2 is 1.84 bits per heavy atom. The molecule has 0 aromatic heterocycles. The molecule has 0 bridgehead atoms. The molecule has 1 rings (SSSR count). The van der Waals surface area contributed by atoms with Gasteiger partial charge < -0.3 is 5.73 Å². The van der Waals surface area contributed by atoms with Crippen molar-refractivity contribution in [1.29, 1.82) is 0 Å². The molecule has 1 unspecified atom stereocenters. The van der Waals surface area contributed by atoms with E-state index < -0.39 is 0 Å². The zero-order chi connectivity index (χ0) is 14.1. The fourth-order valence-corrected chi connectivity index (χ4v) is 2.34. The number of rotatable bonds is 9. The van der Waals surface area contributed by atoms with E-state index >= 15 is 0 Å². The van der Waals surface area contributed by atoms with E-state index in [1.165, 1.54) is 24.8 Å². The average molecular weight is 259 g/mol. The maximum Gasteiger partial charge on any atom is 0.244 e. The lowest BCUT2D eigenvalue weighted by Crippen LogP contribution is -2.13. The monoisotopic (exact) mass is 259 g/mol. The molecule has 1 atom stereocenters. The SMILES string of the molecule is C=C(CCCC(CCCC)c1ccccc1)C(N)=O. The van der Waals surface area contributed by atoms with Gasteiger partial charge >= 0.3 is 0 Å². The van der Waals surface area contributed by atoms with Gasteiger partial charge in [-0.15, -0.1) is 0 Å². The van der Waals surface area contributed by atoms with E-state index in [4.69, 9.17) is 5.73 Å². The zero-order valence-corrected chi connectivity index (χ0v) is 11.9. The van der Waals surface area contributed by atoms with Gasteiger partial charge in [-0.05, 0) is 37.2 Å². The summed E-state index contributed by atoms with van der Waals surface area (Å²) < 4.78 is 0. The van der Waals surface area contributed by atoms with E-state index in [9.17, 15) is 4.79 Å². The largest absolute Gasteiger partial charge is 0.366 e. The van der Waals surface area contributed by atoms with Crippen LogP contribution in [0.4, 0.5) is 0 Å². The Morgan fingerprint density at radius 1 is 1.21 bits per heavy atom. The average Bonchev–Trinajstić information content (AvgIpc) is 2.43. The number of hydrogen-bond donors (Lipinski definition) is 1. The van der Waals surface area contributed by atoms with Crippen LogP contribution < -0.4 is 5.73 Å². The fourth-order valence-electron chi connectivity index (χ4n) is 2.34. The molecule has 2 heteroatoms. The van der Waals surface area contributed by atoms with Crippen molar-refractivity contribution in [1.82, 2.24) is 0 Å². The topological polar surface area (TPSA) is 43.1 Å². The number of amides is 1. The summed E-state index contributed by atoms with van der Waals surface area (Å²) >= 11 is 0. The molecule has 0 spiro atoms. The van der Waals surface area contributed by atoms with Gasteiger partial charge in [-0.3, -0.25) is 4.79 Å². The minimum atomic E-state index is -0.371. The quantitative estimate of drug-likeness (QED) is 0.664. The summed E-state index contributed by atoms with van der Waals surface area (Å²) in [5.41, 5.74) is 7.15. The highest BCUT2D eigenvalue weighted by molar-refractivity contribution is 5.91. The van der Waals surface area contributed by atoms with E-state index in [1.807, 2.05) is 0 Å². The first-order chi connectivity index (χ1) is 9.15. The molecule has 1 aromatic rings. The van der Waals surface area contributed by atoms with Gasteiger partial charge in [0.15, 0.2) is 0 Å². The van der Waals surface area contributed by atoms with Crippen LogP contribution in [0.25, 0.3) is 0 Å². The molecule has 2 nitrogen and oxygen atoms in total. The summed E-state index contributed by atoms with van der Waals surface area (Å²) in [6, 6.07) is 10.6. The van der Waals surface area contributed by atoms with Crippen molar-refractivity contribution in [2.45, 2.75) is 51.4 Å². The first-order valence-corrected chi connectivity index (χ1v) is 7.17. The van der Waals surface area contributed by atoms with Gasteiger partial charge in [-0.2, -0.15) is 0 Å². The minimum absolute atomic E-state index is 0.371. The van der Waals surface area contributed by atoms with E-state index in [2.05, 4.69) is 43.8 Å². The Hall–Kier alpha value is -1.57. The van der Waals surface area contributed by atoms with Crippen LogP contribution in [0.5, 0.6) is 0 Å². The van der Waals surface area contributed by atoms with Gasteiger partial charge in [-0.1, -0.05) is 56.7 Å². The van der Waals surface area contributed by atoms with Crippen molar-refractivity contribution in [3.63, 3.8) is 0 Å². The summed E-state index contributed by atoms with van der Waals surface area (Å²) in [6.45, 7) is 5.93. The number of benzene rings is 1. The van der Waals surface area contributed by atoms with Gasteiger partial charge in [0.05, 0.1) is 0 Å². The third kappa shape index (κ3) is 5.73. The zero-order valence-electron chi connectivity index (χ0n) is 11.9. The van der Waals surface area contributed by atoms with Crippen LogP contribution in [-0.2, 0) is 4.79 Å². The van der Waals surface area contributed by atoms with Crippen molar-refractivity contribution in [3.8, 4) is 0 Å². The van der Waals surface area contributed by atoms with Gasteiger partial charge in [0, 0.05) is 5.57 Å². The molecule has 0 fully saturated rings. The van der Waals surface area contributed by atoms with Crippen molar-refractivity contribution < 1.29 is 4.79 Å². The molecule has 0 radical (unpaired) electrons. The number of nitrogens with two attached hydrogens (primary N) is 1. The fraction of sp³-hybridized carbons (Fsp3) is 0.471. The minimum Gasteiger partial charge on any atom is -0.366 e. The summed E-state index contributed by atoms with van der Waals surface area (Å²) in [6.07, 6.45) is 6.46. The summed E-state index contributed by atoms with van der Waals surface area (Å²) in [7, 11) is 0. The number of primary amides is 1. The van der Waals surface area contributed by atoms with Crippen LogP contribution in [0, 0.1) is 0 Å². The van der Waals surface area contributed by atoms with Crippen LogP contribution in [-0.4, -0.2) is 5.91 Å². The predicted octanol–water partition coefficient (Wildman–Crippen LogP) is 4.17. The van der Waals surface area contributed by atoms with E-state index in [0.29, 0.717) is 17.9 Å². The molecule has 1 amide bonds. The summed E-state index contributed by atoms with van der Waals surface area (Å²) in [5.74, 6) is 0.214. The molecule has 0 saturated carbocycles. The van der Waals surface area contributed by atoms with Crippen molar-refractivity contribution in [3.05, 3.63) is 48.0 Å². The highest BCUT2D eigenvalue weighted by Crippen LogP contribution is 2.28. The Bertz CT molecular complexity index is 397. The van der Waals surface area contributed by atoms with Crippen molar-refractivity contribution in [2.75, 3.05) is 0 Å². The van der Waals surface area contributed by atoms with Crippen molar-refractivity contribution in [2.24, 2.45) is 5.73 Å². The molecule has 0 aliphatic heterocycles. The molecule has 1 aromatic carbocycles. The van der Waals surface area contributed by atoms with Crippen LogP contribution >= 0.6 is 0 Å². The summed E-state index contributed by atoms with van der Waals surface area (Å²) in [4.78, 5) is 10.9. The number of carbonyl (C=O) groups is 1. The van der Waals surface area contributed by atoms with E-state index in [0.717, 1.165) is 12.8 Å². The van der Waals surface area contributed by atoms with Crippen LogP contribution in [0.2, 0.25) is 0 Å². The lowest BCUT2D eigenvalue weighted by atomic mass is 9.88. The number of carbonyl (C=O) groups excluding carboxylic acids is 1. The molecule has 0 heterocycles. The van der Waals surface area contributed by atoms with Crippen LogP contribution in [0.15, 0.2) is 42.5 Å². The lowest BCUT2D eigenvalue weighted by Gasteiger charge is -2.17. The normalized spacial score (nSPS) is 12.1. The highest BCUT2D eigenvalue weighted by atomic mass is 16.1. The Morgan fingerprint density at radius 3 is 2.42 bits per heavy atom. The molecule has 104 valence electrons. The van der Waals surface area contributed by atoms with Gasteiger partial charge in [0.25, 0.3) is 0 Å². The number of hydrogen-bond acceptors (Lipinski definition) is 1. The summed E-state index contributed by atoms with van der Waals surface area (Å²) in [5, 5.41) is 0. The molecule has 19 heavy (non-hydrogen) atoms. The van der Waals surface area contributed by atoms with Gasteiger partial charge in [0.2, 0.25) is 5.91 Å². The second-order valence-corrected chi connectivity index (χ2v) is 5.11. The molecule has 0 aliphatic rings. The van der Waals surface area contributed by atoms with E-state index in [1.54, 1.807) is 0 Å². The third-order valence-corrected chi connectivity index (χ3v) is 3.56.